The number of ether oxygens (including phenoxy) is 1. The van der Waals surface area contributed by atoms with Crippen LogP contribution in [0.1, 0.15) is 41.9 Å². The van der Waals surface area contributed by atoms with Crippen LogP contribution in [0.4, 0.5) is 18.0 Å². The lowest BCUT2D eigenvalue weighted by atomic mass is 9.88. The molecule has 0 spiro atoms. The zero-order valence-electron chi connectivity index (χ0n) is 19.4. The molecule has 0 radical (unpaired) electrons. The number of hydrogen-bond acceptors (Lipinski definition) is 4. The molecular formula is C24H28F3N2O6P. The average molecular weight is 528 g/mol. The Morgan fingerprint density at radius 3 is 2.22 bits per heavy atom. The maximum absolute atomic E-state index is 13.1. The van der Waals surface area contributed by atoms with Gasteiger partial charge in [0.1, 0.15) is 12.6 Å². The molecule has 2 aromatic rings. The molecule has 0 aromatic heterocycles. The molecule has 2 amide bonds. The van der Waals surface area contributed by atoms with Crippen LogP contribution in [0.25, 0.3) is 0 Å². The van der Waals surface area contributed by atoms with Crippen LogP contribution in [0.15, 0.2) is 54.6 Å². The van der Waals surface area contributed by atoms with Gasteiger partial charge in [-0.1, -0.05) is 42.5 Å². The number of alkyl halides is 3. The monoisotopic (exact) mass is 528 g/mol. The number of nitrogens with one attached hydrogen (secondary N) is 1. The molecule has 2 aromatic carbocycles. The van der Waals surface area contributed by atoms with Gasteiger partial charge in [0.15, 0.2) is 0 Å². The molecule has 1 aliphatic heterocycles. The highest BCUT2D eigenvalue weighted by atomic mass is 31.2. The molecule has 0 bridgehead atoms. The van der Waals surface area contributed by atoms with Crippen molar-refractivity contribution in [3.05, 3.63) is 71.3 Å². The third-order valence-corrected chi connectivity index (χ3v) is 6.87. The highest BCUT2D eigenvalue weighted by Gasteiger charge is 2.33. The second kappa shape index (κ2) is 11.9. The number of hydrogen-bond donors (Lipinski definition) is 3. The molecular weight excluding hydrogens is 500 g/mol. The van der Waals surface area contributed by atoms with Crippen molar-refractivity contribution in [2.75, 3.05) is 19.3 Å². The molecule has 3 N–H and O–H groups in total. The van der Waals surface area contributed by atoms with Crippen LogP contribution in [-0.4, -0.2) is 52.0 Å². The van der Waals surface area contributed by atoms with Crippen molar-refractivity contribution in [1.29, 1.82) is 0 Å². The van der Waals surface area contributed by atoms with Crippen molar-refractivity contribution < 1.29 is 41.8 Å². The number of halogens is 3. The maximum atomic E-state index is 13.1. The fourth-order valence-corrected chi connectivity index (χ4v) is 4.65. The summed E-state index contributed by atoms with van der Waals surface area (Å²) in [6.07, 6.45) is -5.16. The van der Waals surface area contributed by atoms with Gasteiger partial charge in [0.05, 0.1) is 11.7 Å². The van der Waals surface area contributed by atoms with Crippen molar-refractivity contribution in [2.45, 2.75) is 44.0 Å². The molecule has 1 fully saturated rings. The second-order valence-corrected chi connectivity index (χ2v) is 10.4. The zero-order valence-corrected chi connectivity index (χ0v) is 20.3. The van der Waals surface area contributed by atoms with Crippen LogP contribution >= 0.6 is 7.60 Å². The summed E-state index contributed by atoms with van der Waals surface area (Å²) in [7, 11) is -4.42. The second-order valence-electron chi connectivity index (χ2n) is 8.65. The number of piperidine rings is 1. The van der Waals surface area contributed by atoms with Gasteiger partial charge in [0.25, 0.3) is 0 Å². The third-order valence-electron chi connectivity index (χ3n) is 6.03. The summed E-state index contributed by atoms with van der Waals surface area (Å²) in [5.74, 6) is -0.528. The number of carbonyl (C=O) groups is 2. The summed E-state index contributed by atoms with van der Waals surface area (Å²) in [4.78, 5) is 45.4. The van der Waals surface area contributed by atoms with Crippen LogP contribution < -0.4 is 5.32 Å². The maximum Gasteiger partial charge on any atom is 0.416 e. The van der Waals surface area contributed by atoms with E-state index in [1.54, 1.807) is 30.3 Å². The van der Waals surface area contributed by atoms with E-state index in [1.807, 2.05) is 0 Å². The molecule has 12 heteroatoms. The summed E-state index contributed by atoms with van der Waals surface area (Å²) < 4.78 is 54.9. The fourth-order valence-electron chi connectivity index (χ4n) is 4.06. The Kier molecular flexibility index (Phi) is 9.16. The van der Waals surface area contributed by atoms with Crippen molar-refractivity contribution in [3.8, 4) is 0 Å². The summed E-state index contributed by atoms with van der Waals surface area (Å²) in [6, 6.07) is 12.6. The number of amides is 2. The van der Waals surface area contributed by atoms with Gasteiger partial charge in [0.2, 0.25) is 5.91 Å². The van der Waals surface area contributed by atoms with E-state index in [0.29, 0.717) is 12.8 Å². The van der Waals surface area contributed by atoms with Crippen molar-refractivity contribution in [2.24, 2.45) is 0 Å². The number of carbonyl (C=O) groups excluding carboxylic acids is 2. The first-order valence-electron chi connectivity index (χ1n) is 11.4. The molecule has 36 heavy (non-hydrogen) atoms. The number of rotatable bonds is 8. The first kappa shape index (κ1) is 27.7. The van der Waals surface area contributed by atoms with E-state index in [2.05, 4.69) is 5.32 Å². The van der Waals surface area contributed by atoms with E-state index in [0.717, 1.165) is 23.3 Å². The van der Waals surface area contributed by atoms with E-state index >= 15 is 0 Å². The minimum absolute atomic E-state index is 0.0336. The minimum Gasteiger partial charge on any atom is -0.445 e. The Bertz CT molecular complexity index is 1070. The lowest BCUT2D eigenvalue weighted by molar-refractivity contribution is -0.137. The molecule has 1 heterocycles. The first-order chi connectivity index (χ1) is 16.9. The average Bonchev–Trinajstić information content (AvgIpc) is 2.84. The van der Waals surface area contributed by atoms with Crippen LogP contribution in [0.2, 0.25) is 0 Å². The number of benzene rings is 2. The van der Waals surface area contributed by atoms with Gasteiger partial charge in [0, 0.05) is 13.1 Å². The van der Waals surface area contributed by atoms with Crippen LogP contribution in [-0.2, 0) is 26.9 Å². The third kappa shape index (κ3) is 8.36. The van der Waals surface area contributed by atoms with E-state index in [-0.39, 0.29) is 32.0 Å². The topological polar surface area (TPSA) is 116 Å². The van der Waals surface area contributed by atoms with Gasteiger partial charge < -0.3 is 24.7 Å². The number of likely N-dealkylation sites (tertiary alicyclic amines) is 1. The predicted octanol–water partition coefficient (Wildman–Crippen LogP) is 4.27. The van der Waals surface area contributed by atoms with Gasteiger partial charge in [-0.25, -0.2) is 4.79 Å². The van der Waals surface area contributed by atoms with Gasteiger partial charge in [-0.2, -0.15) is 13.2 Å². The Labute approximate surface area is 206 Å². The molecule has 1 atom stereocenters. The molecule has 0 aliphatic carbocycles. The van der Waals surface area contributed by atoms with Crippen LogP contribution in [0.5, 0.6) is 0 Å². The van der Waals surface area contributed by atoms with Crippen molar-refractivity contribution >= 4 is 19.6 Å². The molecule has 0 unspecified atom stereocenters. The minimum atomic E-state index is -4.42. The summed E-state index contributed by atoms with van der Waals surface area (Å²) in [6.45, 7) is 0.542. The van der Waals surface area contributed by atoms with E-state index in [9.17, 15) is 37.1 Å². The van der Waals surface area contributed by atoms with Gasteiger partial charge in [-0.15, -0.1) is 0 Å². The quantitative estimate of drug-likeness (QED) is 0.441. The Morgan fingerprint density at radius 2 is 1.67 bits per heavy atom. The normalized spacial score (nSPS) is 15.9. The van der Waals surface area contributed by atoms with Gasteiger partial charge in [-0.05, 0) is 48.4 Å². The Balaban J connectivity index is 1.58. The van der Waals surface area contributed by atoms with E-state index in [1.165, 1.54) is 17.0 Å². The summed E-state index contributed by atoms with van der Waals surface area (Å²) >= 11 is 0. The lowest BCUT2D eigenvalue weighted by Crippen LogP contribution is -2.51. The van der Waals surface area contributed by atoms with E-state index < -0.39 is 43.5 Å². The molecule has 1 saturated heterocycles. The Hall–Kier alpha value is -2.88. The molecule has 196 valence electrons. The highest BCUT2D eigenvalue weighted by molar-refractivity contribution is 7.51. The smallest absolute Gasteiger partial charge is 0.416 e. The van der Waals surface area contributed by atoms with E-state index in [4.69, 9.17) is 4.74 Å². The Morgan fingerprint density at radius 1 is 1.06 bits per heavy atom. The molecule has 3 rings (SSSR count). The standard InChI is InChI=1S/C24H28F3N2O6P/c25-24(26,27)20-8-6-18(7-9-20)19-10-13-29(14-11-19)22(30)21(12-15-36(32,33)34)28-23(31)35-16-17-4-2-1-3-5-17/h1-9,19,21H,10-16H2,(H,28,31)(H2,32,33,34)/t21-/m0/s1. The zero-order chi connectivity index (χ0) is 26.3. The van der Waals surface area contributed by atoms with Crippen molar-refractivity contribution in [3.63, 3.8) is 0 Å². The summed E-state index contributed by atoms with van der Waals surface area (Å²) in [5.41, 5.74) is 0.754. The molecule has 1 aliphatic rings. The van der Waals surface area contributed by atoms with Gasteiger partial charge in [-0.3, -0.25) is 9.36 Å². The lowest BCUT2D eigenvalue weighted by Gasteiger charge is -2.34. The van der Waals surface area contributed by atoms with Crippen LogP contribution in [0, 0.1) is 0 Å². The number of alkyl carbamates (subject to hydrolysis) is 1. The molecule has 0 saturated carbocycles. The summed E-state index contributed by atoms with van der Waals surface area (Å²) in [5, 5.41) is 2.42. The highest BCUT2D eigenvalue weighted by Crippen LogP contribution is 2.36. The van der Waals surface area contributed by atoms with Crippen molar-refractivity contribution in [1.82, 2.24) is 10.2 Å². The number of nitrogens with zero attached hydrogens (tertiary/aromatic N) is 1. The first-order valence-corrected chi connectivity index (χ1v) is 13.2. The largest absolute Gasteiger partial charge is 0.445 e. The fraction of sp³-hybridized carbons (Fsp3) is 0.417. The van der Waals surface area contributed by atoms with Crippen LogP contribution in [0.3, 0.4) is 0 Å². The van der Waals surface area contributed by atoms with Gasteiger partial charge >= 0.3 is 19.9 Å². The predicted molar refractivity (Wildman–Crippen MR) is 125 cm³/mol. The SMILES string of the molecule is O=C(N[C@@H](CCP(=O)(O)O)C(=O)N1CCC(c2ccc(C(F)(F)F)cc2)CC1)OCc1ccccc1. The molecule has 8 nitrogen and oxygen atoms in total.